The molecule has 1 aliphatic rings. The number of rotatable bonds is 5. The van der Waals surface area contributed by atoms with Crippen molar-refractivity contribution in [2.75, 3.05) is 20.4 Å². The lowest BCUT2D eigenvalue weighted by atomic mass is 9.95. The number of halogens is 2. The molecule has 3 aromatic rings. The van der Waals surface area contributed by atoms with Gasteiger partial charge in [0, 0.05) is 54.2 Å². The summed E-state index contributed by atoms with van der Waals surface area (Å²) in [5.74, 6) is -1.06. The number of aromatic nitrogens is 2. The molecule has 8 heteroatoms. The molecule has 0 spiro atoms. The predicted octanol–water partition coefficient (Wildman–Crippen LogP) is 5.25. The Morgan fingerprint density at radius 3 is 2.63 bits per heavy atom. The van der Waals surface area contributed by atoms with E-state index in [0.29, 0.717) is 11.4 Å². The summed E-state index contributed by atoms with van der Waals surface area (Å²) in [6, 6.07) is 8.85. The van der Waals surface area contributed by atoms with Crippen molar-refractivity contribution in [1.82, 2.24) is 14.9 Å². The van der Waals surface area contributed by atoms with E-state index in [4.69, 9.17) is 9.47 Å². The summed E-state index contributed by atoms with van der Waals surface area (Å²) in [5, 5.41) is 0. The number of hydrogen-bond donors (Lipinski definition) is 0. The van der Waals surface area contributed by atoms with Gasteiger partial charge in [-0.1, -0.05) is 0 Å². The van der Waals surface area contributed by atoms with E-state index in [0.717, 1.165) is 33.7 Å². The zero-order valence-corrected chi connectivity index (χ0v) is 17.4. The third-order valence-electron chi connectivity index (χ3n) is 4.78. The average Bonchev–Trinajstić information content (AvgIpc) is 2.75. The molecule has 0 saturated carbocycles. The fourth-order valence-corrected chi connectivity index (χ4v) is 3.84. The molecule has 1 aromatic heterocycles. The van der Waals surface area contributed by atoms with Crippen LogP contribution in [0.5, 0.6) is 11.5 Å². The third-order valence-corrected chi connectivity index (χ3v) is 5.50. The van der Waals surface area contributed by atoms with Crippen LogP contribution in [0.2, 0.25) is 0 Å². The average molecular weight is 427 g/mol. The molecule has 2 heterocycles. The molecule has 0 N–H and O–H groups in total. The quantitative estimate of drug-likeness (QED) is 0.519. The first kappa shape index (κ1) is 20.3. The van der Waals surface area contributed by atoms with Gasteiger partial charge < -0.3 is 14.4 Å². The fraction of sp³-hybridized carbons (Fsp3) is 0.182. The van der Waals surface area contributed by atoms with Gasteiger partial charge in [0.05, 0.1) is 5.69 Å². The first-order chi connectivity index (χ1) is 14.5. The zero-order chi connectivity index (χ0) is 21.3. The molecule has 4 rings (SSSR count). The number of thioether (sulfide) groups is 1. The minimum atomic E-state index is -0.771. The van der Waals surface area contributed by atoms with Crippen LogP contribution in [0.3, 0.4) is 0 Å². The summed E-state index contributed by atoms with van der Waals surface area (Å²) in [6.07, 6.45) is 6.75. The van der Waals surface area contributed by atoms with Gasteiger partial charge in [-0.2, -0.15) is 0 Å². The number of benzene rings is 2. The number of methoxy groups -OCH3 is 1. The predicted molar refractivity (Wildman–Crippen MR) is 111 cm³/mol. The van der Waals surface area contributed by atoms with Crippen molar-refractivity contribution in [3.63, 3.8) is 0 Å². The molecule has 1 aliphatic heterocycles. The molecule has 30 heavy (non-hydrogen) atoms. The second-order valence-corrected chi connectivity index (χ2v) is 7.54. The van der Waals surface area contributed by atoms with E-state index in [-0.39, 0.29) is 12.0 Å². The number of fused-ring (bicyclic) bond motifs is 1. The van der Waals surface area contributed by atoms with E-state index in [1.807, 2.05) is 36.5 Å². The van der Waals surface area contributed by atoms with E-state index < -0.39 is 11.6 Å². The molecule has 1 atom stereocenters. The molecule has 0 amide bonds. The molecule has 0 aliphatic carbocycles. The van der Waals surface area contributed by atoms with Gasteiger partial charge in [0.25, 0.3) is 0 Å². The molecule has 0 saturated heterocycles. The van der Waals surface area contributed by atoms with Crippen LogP contribution in [0.15, 0.2) is 60.0 Å². The monoisotopic (exact) mass is 427 g/mol. The molecule has 5 nitrogen and oxygen atoms in total. The summed E-state index contributed by atoms with van der Waals surface area (Å²) >= 11 is 1.58. The van der Waals surface area contributed by atoms with Gasteiger partial charge in [-0.15, -0.1) is 11.8 Å². The van der Waals surface area contributed by atoms with Crippen molar-refractivity contribution in [1.29, 1.82) is 0 Å². The number of hydrogen-bond acceptors (Lipinski definition) is 6. The SMILES string of the molecule is COC1c2cncnc2C(c2cc(SC)ccc2Oc2ccc(F)cc2F)=CN1C. The third kappa shape index (κ3) is 3.76. The highest BCUT2D eigenvalue weighted by molar-refractivity contribution is 7.98. The normalized spacial score (nSPS) is 15.6. The molecule has 154 valence electrons. The highest BCUT2D eigenvalue weighted by atomic mass is 32.2. The molecule has 1 unspecified atom stereocenters. The summed E-state index contributed by atoms with van der Waals surface area (Å²) in [5.41, 5.74) is 3.04. The molecule has 0 fully saturated rings. The van der Waals surface area contributed by atoms with Crippen LogP contribution in [-0.4, -0.2) is 35.3 Å². The second kappa shape index (κ2) is 8.41. The molecular formula is C22H19F2N3O2S. The maximum absolute atomic E-state index is 14.2. The lowest BCUT2D eigenvalue weighted by molar-refractivity contribution is 0.00394. The fourth-order valence-electron chi connectivity index (χ4n) is 3.40. The largest absolute Gasteiger partial charge is 0.454 e. The van der Waals surface area contributed by atoms with E-state index in [9.17, 15) is 8.78 Å². The van der Waals surface area contributed by atoms with Gasteiger partial charge in [0.15, 0.2) is 17.8 Å². The Kier molecular flexibility index (Phi) is 5.69. The Morgan fingerprint density at radius 1 is 1.10 bits per heavy atom. The van der Waals surface area contributed by atoms with Gasteiger partial charge in [-0.25, -0.2) is 18.7 Å². The van der Waals surface area contributed by atoms with Crippen LogP contribution in [0.1, 0.15) is 23.0 Å². The highest BCUT2D eigenvalue weighted by Gasteiger charge is 2.29. The Balaban J connectivity index is 1.85. The van der Waals surface area contributed by atoms with E-state index in [1.54, 1.807) is 31.1 Å². The minimum Gasteiger partial charge on any atom is -0.454 e. The lowest BCUT2D eigenvalue weighted by Gasteiger charge is -2.32. The Bertz CT molecular complexity index is 1120. The first-order valence-corrected chi connectivity index (χ1v) is 10.3. The van der Waals surface area contributed by atoms with E-state index in [2.05, 4.69) is 9.97 Å². The summed E-state index contributed by atoms with van der Waals surface area (Å²) in [7, 11) is 3.51. The smallest absolute Gasteiger partial charge is 0.168 e. The maximum Gasteiger partial charge on any atom is 0.168 e. The van der Waals surface area contributed by atoms with Gasteiger partial charge >= 0.3 is 0 Å². The first-order valence-electron chi connectivity index (χ1n) is 9.10. The van der Waals surface area contributed by atoms with E-state index in [1.165, 1.54) is 12.4 Å². The van der Waals surface area contributed by atoms with Crippen molar-refractivity contribution in [2.24, 2.45) is 0 Å². The van der Waals surface area contributed by atoms with Gasteiger partial charge in [0.2, 0.25) is 0 Å². The molecule has 2 aromatic carbocycles. The van der Waals surface area contributed by atoms with Crippen LogP contribution in [0, 0.1) is 11.6 Å². The van der Waals surface area contributed by atoms with Crippen molar-refractivity contribution in [3.8, 4) is 11.5 Å². The van der Waals surface area contributed by atoms with Crippen molar-refractivity contribution >= 4 is 17.3 Å². The molecule has 0 bridgehead atoms. The summed E-state index contributed by atoms with van der Waals surface area (Å²) < 4.78 is 39.0. The summed E-state index contributed by atoms with van der Waals surface area (Å²) in [6.45, 7) is 0. The number of nitrogens with zero attached hydrogens (tertiary/aromatic N) is 3. The Labute approximate surface area is 177 Å². The minimum absolute atomic E-state index is 0.0583. The number of ether oxygens (including phenoxy) is 2. The van der Waals surface area contributed by atoms with Crippen LogP contribution in [0.25, 0.3) is 5.57 Å². The van der Waals surface area contributed by atoms with Crippen LogP contribution < -0.4 is 4.74 Å². The van der Waals surface area contributed by atoms with Crippen LogP contribution >= 0.6 is 11.8 Å². The van der Waals surface area contributed by atoms with Gasteiger partial charge in [-0.05, 0) is 36.6 Å². The topological polar surface area (TPSA) is 47.5 Å². The van der Waals surface area contributed by atoms with Crippen LogP contribution in [-0.2, 0) is 4.74 Å². The van der Waals surface area contributed by atoms with Crippen LogP contribution in [0.4, 0.5) is 8.78 Å². The van der Waals surface area contributed by atoms with Crippen molar-refractivity contribution < 1.29 is 18.3 Å². The van der Waals surface area contributed by atoms with Crippen molar-refractivity contribution in [2.45, 2.75) is 11.1 Å². The molecular weight excluding hydrogens is 408 g/mol. The highest BCUT2D eigenvalue weighted by Crippen LogP contribution is 2.41. The van der Waals surface area contributed by atoms with Crippen molar-refractivity contribution in [3.05, 3.63) is 83.6 Å². The lowest BCUT2D eigenvalue weighted by Crippen LogP contribution is -2.27. The maximum atomic E-state index is 14.2. The van der Waals surface area contributed by atoms with E-state index >= 15 is 0 Å². The molecule has 0 radical (unpaired) electrons. The zero-order valence-electron chi connectivity index (χ0n) is 16.6. The Morgan fingerprint density at radius 2 is 1.90 bits per heavy atom. The van der Waals surface area contributed by atoms with Gasteiger partial charge in [-0.3, -0.25) is 0 Å². The Hall–Kier alpha value is -2.97. The second-order valence-electron chi connectivity index (χ2n) is 6.66. The standard InChI is InChI=1S/C22H19F2N3O2S/c1-27-11-17(21-16(22(27)28-2)10-25-12-26-21)15-9-14(30-3)5-7-19(15)29-20-6-4-13(23)8-18(20)24/h4-12,22H,1-3H3. The summed E-state index contributed by atoms with van der Waals surface area (Å²) in [4.78, 5) is 11.5. The van der Waals surface area contributed by atoms with Gasteiger partial charge in [0.1, 0.15) is 17.9 Å².